The monoisotopic (exact) mass is 371 g/mol. The number of benzene rings is 1. The highest BCUT2D eigenvalue weighted by atomic mass is 35.5. The standard InChI is InChI=1S/C19H18ClN3O3/c20-17-7-6-14(12-21-17)13-26-19(25)9-8-18(24)23-11-10-16(22-23)15-4-2-1-3-5-15/h1-7,12H,8-11,13H2. The predicted octanol–water partition coefficient (Wildman–Crippen LogP) is 3.20. The molecular formula is C19H18ClN3O3. The van der Waals surface area contributed by atoms with Crippen LogP contribution in [0.1, 0.15) is 30.4 Å². The third kappa shape index (κ3) is 4.89. The topological polar surface area (TPSA) is 71.9 Å². The van der Waals surface area contributed by atoms with Crippen LogP contribution in [0.3, 0.4) is 0 Å². The smallest absolute Gasteiger partial charge is 0.306 e. The normalized spacial score (nSPS) is 13.4. The van der Waals surface area contributed by atoms with Gasteiger partial charge in [0.15, 0.2) is 0 Å². The van der Waals surface area contributed by atoms with Crippen LogP contribution < -0.4 is 0 Å². The summed E-state index contributed by atoms with van der Waals surface area (Å²) in [4.78, 5) is 28.0. The molecule has 0 aliphatic carbocycles. The van der Waals surface area contributed by atoms with Crippen LogP contribution in [-0.2, 0) is 20.9 Å². The van der Waals surface area contributed by atoms with E-state index in [2.05, 4.69) is 10.1 Å². The summed E-state index contributed by atoms with van der Waals surface area (Å²) in [6.07, 6.45) is 2.35. The van der Waals surface area contributed by atoms with Gasteiger partial charge in [-0.2, -0.15) is 5.10 Å². The Morgan fingerprint density at radius 1 is 1.12 bits per heavy atom. The number of ether oxygens (including phenoxy) is 1. The summed E-state index contributed by atoms with van der Waals surface area (Å²) in [6, 6.07) is 13.1. The lowest BCUT2D eigenvalue weighted by molar-refractivity contribution is -0.147. The van der Waals surface area contributed by atoms with Crippen molar-refractivity contribution in [2.24, 2.45) is 5.10 Å². The van der Waals surface area contributed by atoms with E-state index < -0.39 is 5.97 Å². The molecule has 3 rings (SSSR count). The van der Waals surface area contributed by atoms with E-state index >= 15 is 0 Å². The number of rotatable bonds is 6. The van der Waals surface area contributed by atoms with Gasteiger partial charge in [0, 0.05) is 24.6 Å². The first-order valence-electron chi connectivity index (χ1n) is 8.31. The highest BCUT2D eigenvalue weighted by Gasteiger charge is 2.22. The van der Waals surface area contributed by atoms with Crippen LogP contribution in [0.25, 0.3) is 0 Å². The van der Waals surface area contributed by atoms with Gasteiger partial charge in [-0.3, -0.25) is 9.59 Å². The number of halogens is 1. The van der Waals surface area contributed by atoms with Crippen molar-refractivity contribution in [1.29, 1.82) is 0 Å². The molecule has 1 aromatic heterocycles. The molecule has 6 nitrogen and oxygen atoms in total. The molecular weight excluding hydrogens is 354 g/mol. The van der Waals surface area contributed by atoms with Crippen LogP contribution >= 0.6 is 11.6 Å². The van der Waals surface area contributed by atoms with Crippen molar-refractivity contribution in [1.82, 2.24) is 9.99 Å². The van der Waals surface area contributed by atoms with Crippen LogP contribution in [0.4, 0.5) is 0 Å². The van der Waals surface area contributed by atoms with Gasteiger partial charge in [0.25, 0.3) is 0 Å². The third-order valence-electron chi connectivity index (χ3n) is 3.93. The molecule has 1 aromatic carbocycles. The maximum Gasteiger partial charge on any atom is 0.306 e. The number of esters is 1. The summed E-state index contributed by atoms with van der Waals surface area (Å²) < 4.78 is 5.14. The zero-order valence-electron chi connectivity index (χ0n) is 14.1. The van der Waals surface area contributed by atoms with E-state index in [0.29, 0.717) is 18.1 Å². The van der Waals surface area contributed by atoms with Crippen molar-refractivity contribution in [3.05, 3.63) is 64.9 Å². The summed E-state index contributed by atoms with van der Waals surface area (Å²) in [6.45, 7) is 0.645. The molecule has 0 fully saturated rings. The Hall–Kier alpha value is -2.73. The molecule has 1 aliphatic rings. The second-order valence-corrected chi connectivity index (χ2v) is 6.22. The molecule has 7 heteroatoms. The van der Waals surface area contributed by atoms with Gasteiger partial charge < -0.3 is 4.74 Å². The fraction of sp³-hybridized carbons (Fsp3) is 0.263. The highest BCUT2D eigenvalue weighted by molar-refractivity contribution is 6.29. The molecule has 0 radical (unpaired) electrons. The van der Waals surface area contributed by atoms with Gasteiger partial charge in [-0.25, -0.2) is 9.99 Å². The quantitative estimate of drug-likeness (QED) is 0.577. The van der Waals surface area contributed by atoms with Gasteiger partial charge in [0.05, 0.1) is 18.7 Å². The van der Waals surface area contributed by atoms with Crippen molar-refractivity contribution in [3.63, 3.8) is 0 Å². The molecule has 0 saturated heterocycles. The summed E-state index contributed by atoms with van der Waals surface area (Å²) in [5, 5.41) is 6.18. The number of pyridine rings is 1. The van der Waals surface area contributed by atoms with E-state index in [-0.39, 0.29) is 25.4 Å². The van der Waals surface area contributed by atoms with E-state index in [0.717, 1.165) is 16.8 Å². The fourth-order valence-corrected chi connectivity index (χ4v) is 2.65. The van der Waals surface area contributed by atoms with Crippen LogP contribution in [0.15, 0.2) is 53.8 Å². The Morgan fingerprint density at radius 3 is 2.65 bits per heavy atom. The average molecular weight is 372 g/mol. The molecule has 134 valence electrons. The average Bonchev–Trinajstić information content (AvgIpc) is 3.17. The van der Waals surface area contributed by atoms with Crippen LogP contribution in [0, 0.1) is 0 Å². The molecule has 0 saturated carbocycles. The molecule has 2 aromatic rings. The van der Waals surface area contributed by atoms with E-state index in [1.54, 1.807) is 18.3 Å². The number of hydrogen-bond acceptors (Lipinski definition) is 5. The van der Waals surface area contributed by atoms with Crippen LogP contribution in [0.5, 0.6) is 0 Å². The van der Waals surface area contributed by atoms with E-state index in [1.165, 1.54) is 5.01 Å². The zero-order chi connectivity index (χ0) is 18.4. The maximum atomic E-state index is 12.2. The Balaban J connectivity index is 1.44. The van der Waals surface area contributed by atoms with Gasteiger partial charge in [-0.1, -0.05) is 48.0 Å². The molecule has 0 atom stereocenters. The SMILES string of the molecule is O=C(CCC(=O)N1CCC(c2ccccc2)=N1)OCc1ccc(Cl)nc1. The number of nitrogens with zero attached hydrogens (tertiary/aromatic N) is 3. The second kappa shape index (κ2) is 8.58. The van der Waals surface area contributed by atoms with E-state index in [1.807, 2.05) is 30.3 Å². The first-order valence-corrected chi connectivity index (χ1v) is 8.69. The Morgan fingerprint density at radius 2 is 1.92 bits per heavy atom. The first kappa shape index (κ1) is 18.1. The van der Waals surface area contributed by atoms with Gasteiger partial charge >= 0.3 is 5.97 Å². The number of carbonyl (C=O) groups is 2. The van der Waals surface area contributed by atoms with Crippen molar-refractivity contribution < 1.29 is 14.3 Å². The van der Waals surface area contributed by atoms with Gasteiger partial charge in [0.1, 0.15) is 11.8 Å². The van der Waals surface area contributed by atoms with Gasteiger partial charge in [0.2, 0.25) is 5.91 Å². The molecule has 1 aliphatic heterocycles. The van der Waals surface area contributed by atoms with Crippen molar-refractivity contribution >= 4 is 29.2 Å². The minimum atomic E-state index is -0.431. The van der Waals surface area contributed by atoms with Gasteiger partial charge in [-0.15, -0.1) is 0 Å². The van der Waals surface area contributed by atoms with Crippen molar-refractivity contribution in [2.75, 3.05) is 6.54 Å². The van der Waals surface area contributed by atoms with Gasteiger partial charge in [-0.05, 0) is 11.6 Å². The molecule has 0 bridgehead atoms. The second-order valence-electron chi connectivity index (χ2n) is 5.83. The van der Waals surface area contributed by atoms with Crippen LogP contribution in [0.2, 0.25) is 5.15 Å². The van der Waals surface area contributed by atoms with E-state index in [4.69, 9.17) is 16.3 Å². The van der Waals surface area contributed by atoms with Crippen molar-refractivity contribution in [2.45, 2.75) is 25.9 Å². The predicted molar refractivity (Wildman–Crippen MR) is 97.6 cm³/mol. The number of hydrazone groups is 1. The highest BCUT2D eigenvalue weighted by Crippen LogP contribution is 2.15. The summed E-state index contributed by atoms with van der Waals surface area (Å²) >= 11 is 5.70. The Labute approximate surface area is 156 Å². The Bertz CT molecular complexity index is 807. The lowest BCUT2D eigenvalue weighted by Crippen LogP contribution is -2.24. The number of hydrogen-bond donors (Lipinski definition) is 0. The molecule has 26 heavy (non-hydrogen) atoms. The molecule has 0 N–H and O–H groups in total. The summed E-state index contributed by atoms with van der Waals surface area (Å²) in [5.74, 6) is -0.610. The summed E-state index contributed by atoms with van der Waals surface area (Å²) in [7, 11) is 0. The minimum Gasteiger partial charge on any atom is -0.461 e. The molecule has 0 spiro atoms. The fourth-order valence-electron chi connectivity index (χ4n) is 2.54. The lowest BCUT2D eigenvalue weighted by atomic mass is 10.1. The third-order valence-corrected chi connectivity index (χ3v) is 4.15. The number of aromatic nitrogens is 1. The van der Waals surface area contributed by atoms with Crippen LogP contribution in [-0.4, -0.2) is 34.1 Å². The van der Waals surface area contributed by atoms with E-state index in [9.17, 15) is 9.59 Å². The number of carbonyl (C=O) groups excluding carboxylic acids is 2. The summed E-state index contributed by atoms with van der Waals surface area (Å²) in [5.41, 5.74) is 2.64. The minimum absolute atomic E-state index is 0.0204. The zero-order valence-corrected chi connectivity index (χ0v) is 14.9. The molecule has 1 amide bonds. The lowest BCUT2D eigenvalue weighted by Gasteiger charge is -2.11. The Kier molecular flexibility index (Phi) is 5.96. The number of amides is 1. The maximum absolute atomic E-state index is 12.2. The molecule has 2 heterocycles. The first-order chi connectivity index (χ1) is 12.6. The largest absolute Gasteiger partial charge is 0.461 e. The van der Waals surface area contributed by atoms with Crippen molar-refractivity contribution in [3.8, 4) is 0 Å². The molecule has 0 unspecified atom stereocenters.